The van der Waals surface area contributed by atoms with E-state index in [2.05, 4.69) is 25.8 Å². The van der Waals surface area contributed by atoms with Crippen molar-refractivity contribution in [2.24, 2.45) is 5.73 Å². The number of nitrogens with zero attached hydrogens (tertiary/aromatic N) is 1. The predicted molar refractivity (Wildman–Crippen MR) is 67.4 cm³/mol. The number of nitrogens with two attached hydrogens (primary N) is 1. The largest absolute Gasteiger partial charge is 0.389 e. The van der Waals surface area contributed by atoms with Crippen LogP contribution in [-0.2, 0) is 16.8 Å². The summed E-state index contributed by atoms with van der Waals surface area (Å²) in [7, 11) is 1.64. The summed E-state index contributed by atoms with van der Waals surface area (Å²) in [6, 6.07) is 0. The second kappa shape index (κ2) is 4.55. The molecule has 0 radical (unpaired) electrons. The highest BCUT2D eigenvalue weighted by atomic mass is 32.1. The maximum Gasteiger partial charge on any atom is 0.116 e. The highest BCUT2D eigenvalue weighted by Crippen LogP contribution is 2.29. The molecule has 84 valence electrons. The molecule has 0 amide bonds. The number of methoxy groups -OCH3 is 1. The molecule has 0 aromatic carbocycles. The van der Waals surface area contributed by atoms with Crippen molar-refractivity contribution < 1.29 is 4.74 Å². The van der Waals surface area contributed by atoms with Crippen molar-refractivity contribution in [3.05, 3.63) is 15.6 Å². The van der Waals surface area contributed by atoms with Gasteiger partial charge in [0.05, 0.1) is 22.2 Å². The van der Waals surface area contributed by atoms with Gasteiger partial charge in [-0.2, -0.15) is 0 Å². The molecule has 1 heterocycles. The van der Waals surface area contributed by atoms with Crippen molar-refractivity contribution in [1.82, 2.24) is 4.98 Å². The minimum absolute atomic E-state index is 0.0240. The maximum atomic E-state index is 5.65. The molecule has 0 aliphatic rings. The van der Waals surface area contributed by atoms with Gasteiger partial charge in [0, 0.05) is 12.5 Å². The lowest BCUT2D eigenvalue weighted by atomic mass is 9.98. The van der Waals surface area contributed by atoms with Gasteiger partial charge in [-0.1, -0.05) is 33.0 Å². The zero-order chi connectivity index (χ0) is 11.6. The van der Waals surface area contributed by atoms with Crippen LogP contribution >= 0.6 is 23.6 Å². The van der Waals surface area contributed by atoms with Gasteiger partial charge >= 0.3 is 0 Å². The molecule has 2 N–H and O–H groups in total. The molecule has 0 unspecified atom stereocenters. The molecular weight excluding hydrogens is 228 g/mol. The number of rotatable bonds is 3. The second-order valence-corrected chi connectivity index (χ2v) is 5.78. The van der Waals surface area contributed by atoms with E-state index in [1.807, 2.05) is 0 Å². The van der Waals surface area contributed by atoms with E-state index in [1.165, 1.54) is 0 Å². The molecule has 1 rings (SSSR count). The molecule has 0 spiro atoms. The van der Waals surface area contributed by atoms with E-state index in [0.717, 1.165) is 15.6 Å². The van der Waals surface area contributed by atoms with Crippen LogP contribution in [-0.4, -0.2) is 17.1 Å². The van der Waals surface area contributed by atoms with E-state index < -0.39 is 0 Å². The summed E-state index contributed by atoms with van der Waals surface area (Å²) in [5.74, 6) is 0. The highest BCUT2D eigenvalue weighted by molar-refractivity contribution is 7.81. The summed E-state index contributed by atoms with van der Waals surface area (Å²) >= 11 is 6.55. The van der Waals surface area contributed by atoms with Crippen molar-refractivity contribution in [2.75, 3.05) is 7.11 Å². The van der Waals surface area contributed by atoms with Crippen molar-refractivity contribution in [2.45, 2.75) is 32.8 Å². The Hall–Kier alpha value is -0.520. The molecule has 15 heavy (non-hydrogen) atoms. The Labute approximate surface area is 99.7 Å². The van der Waals surface area contributed by atoms with E-state index >= 15 is 0 Å². The Morgan fingerprint density at radius 3 is 2.53 bits per heavy atom. The minimum atomic E-state index is 0.0240. The Bertz CT molecular complexity index is 366. The Balaban J connectivity index is 3.15. The fraction of sp³-hybridized carbons (Fsp3) is 0.600. The smallest absolute Gasteiger partial charge is 0.116 e. The van der Waals surface area contributed by atoms with Gasteiger partial charge < -0.3 is 10.5 Å². The number of hydrogen-bond acceptors (Lipinski definition) is 4. The molecule has 0 saturated heterocycles. The maximum absolute atomic E-state index is 5.65. The van der Waals surface area contributed by atoms with Gasteiger partial charge in [-0.3, -0.25) is 0 Å². The van der Waals surface area contributed by atoms with Gasteiger partial charge in [-0.05, 0) is 0 Å². The van der Waals surface area contributed by atoms with Gasteiger partial charge in [-0.15, -0.1) is 11.3 Å². The van der Waals surface area contributed by atoms with Gasteiger partial charge in [0.2, 0.25) is 0 Å². The summed E-state index contributed by atoms with van der Waals surface area (Å²) in [5.41, 5.74) is 6.52. The third-order valence-electron chi connectivity index (χ3n) is 1.84. The molecule has 1 aromatic rings. The molecule has 0 fully saturated rings. The summed E-state index contributed by atoms with van der Waals surface area (Å²) in [5, 5.41) is 1.04. The number of thiazole rings is 1. The molecule has 0 bridgehead atoms. The van der Waals surface area contributed by atoms with Crippen LogP contribution < -0.4 is 5.73 Å². The predicted octanol–water partition coefficient (Wildman–Crippen LogP) is 2.22. The standard InChI is InChI=1S/C10H16N2OS2/c1-10(2,3)9-12-6(5-13-4)7(15-9)8(11)14/h5H2,1-4H3,(H2,11,14). The van der Waals surface area contributed by atoms with Crippen LogP contribution in [0.2, 0.25) is 0 Å². The van der Waals surface area contributed by atoms with Crippen LogP contribution in [0.4, 0.5) is 0 Å². The van der Waals surface area contributed by atoms with Crippen LogP contribution in [0.5, 0.6) is 0 Å². The lowest BCUT2D eigenvalue weighted by Gasteiger charge is -2.13. The number of thiocarbonyl (C=S) groups is 1. The summed E-state index contributed by atoms with van der Waals surface area (Å²) in [4.78, 5) is 5.79. The van der Waals surface area contributed by atoms with E-state index in [-0.39, 0.29) is 5.41 Å². The molecule has 0 atom stereocenters. The van der Waals surface area contributed by atoms with Crippen molar-refractivity contribution in [3.63, 3.8) is 0 Å². The fourth-order valence-corrected chi connectivity index (χ4v) is 2.32. The first kappa shape index (κ1) is 12.5. The van der Waals surface area contributed by atoms with Gasteiger partial charge in [0.15, 0.2) is 0 Å². The van der Waals surface area contributed by atoms with Crippen LogP contribution in [0.15, 0.2) is 0 Å². The molecular formula is C10H16N2OS2. The van der Waals surface area contributed by atoms with Gasteiger partial charge in [0.25, 0.3) is 0 Å². The first-order valence-corrected chi connectivity index (χ1v) is 5.87. The van der Waals surface area contributed by atoms with Crippen LogP contribution in [0.3, 0.4) is 0 Å². The Morgan fingerprint density at radius 1 is 1.53 bits per heavy atom. The zero-order valence-electron chi connectivity index (χ0n) is 9.46. The number of ether oxygens (including phenoxy) is 1. The second-order valence-electron chi connectivity index (χ2n) is 4.34. The van der Waals surface area contributed by atoms with Crippen molar-refractivity contribution in [3.8, 4) is 0 Å². The first-order valence-electron chi connectivity index (χ1n) is 4.65. The molecule has 3 nitrogen and oxygen atoms in total. The topological polar surface area (TPSA) is 48.1 Å². The van der Waals surface area contributed by atoms with Crippen molar-refractivity contribution >= 4 is 28.5 Å². The van der Waals surface area contributed by atoms with Crippen molar-refractivity contribution in [1.29, 1.82) is 0 Å². The molecule has 1 aromatic heterocycles. The summed E-state index contributed by atoms with van der Waals surface area (Å²) in [6.45, 7) is 6.81. The van der Waals surface area contributed by atoms with E-state index in [1.54, 1.807) is 18.4 Å². The lowest BCUT2D eigenvalue weighted by Crippen LogP contribution is -2.10. The van der Waals surface area contributed by atoms with Crippen LogP contribution in [0.25, 0.3) is 0 Å². The molecule has 0 aliphatic heterocycles. The first-order chi connectivity index (χ1) is 6.86. The molecule has 0 aliphatic carbocycles. The Morgan fingerprint density at radius 2 is 2.13 bits per heavy atom. The summed E-state index contributed by atoms with van der Waals surface area (Å²) < 4.78 is 5.07. The van der Waals surface area contributed by atoms with Gasteiger partial charge in [0.1, 0.15) is 4.99 Å². The number of hydrogen-bond donors (Lipinski definition) is 1. The van der Waals surface area contributed by atoms with Crippen LogP contribution in [0.1, 0.15) is 36.3 Å². The Kier molecular flexibility index (Phi) is 3.81. The van der Waals surface area contributed by atoms with Crippen LogP contribution in [0, 0.1) is 0 Å². The van der Waals surface area contributed by atoms with E-state index in [9.17, 15) is 0 Å². The van der Waals surface area contributed by atoms with E-state index in [0.29, 0.717) is 11.6 Å². The quantitative estimate of drug-likeness (QED) is 0.828. The fourth-order valence-electron chi connectivity index (χ4n) is 1.10. The average molecular weight is 244 g/mol. The summed E-state index contributed by atoms with van der Waals surface area (Å²) in [6.07, 6.45) is 0. The average Bonchev–Trinajstić information content (AvgIpc) is 2.48. The van der Waals surface area contributed by atoms with E-state index in [4.69, 9.17) is 22.7 Å². The third-order valence-corrected chi connectivity index (χ3v) is 3.73. The molecule has 0 saturated carbocycles. The monoisotopic (exact) mass is 244 g/mol. The minimum Gasteiger partial charge on any atom is -0.389 e. The zero-order valence-corrected chi connectivity index (χ0v) is 11.1. The normalized spacial score (nSPS) is 11.7. The third kappa shape index (κ3) is 2.96. The van der Waals surface area contributed by atoms with Gasteiger partial charge in [-0.25, -0.2) is 4.98 Å². The number of aromatic nitrogens is 1. The lowest BCUT2D eigenvalue weighted by molar-refractivity contribution is 0.181. The SMILES string of the molecule is COCc1nc(C(C)(C)C)sc1C(N)=S. The highest BCUT2D eigenvalue weighted by Gasteiger charge is 2.22. The molecule has 5 heteroatoms.